The summed E-state index contributed by atoms with van der Waals surface area (Å²) in [5.41, 5.74) is 0.585. The predicted molar refractivity (Wildman–Crippen MR) is 73.6 cm³/mol. The van der Waals surface area contributed by atoms with Gasteiger partial charge in [0.15, 0.2) is 0 Å². The second-order valence-corrected chi connectivity index (χ2v) is 4.84. The van der Waals surface area contributed by atoms with E-state index >= 15 is 0 Å². The molecule has 2 rings (SSSR count). The van der Waals surface area contributed by atoms with Gasteiger partial charge in [0.25, 0.3) is 0 Å². The summed E-state index contributed by atoms with van der Waals surface area (Å²) in [4.78, 5) is 13.7. The molecule has 0 bridgehead atoms. The molecule has 1 saturated heterocycles. The Morgan fingerprint density at radius 3 is 3.00 bits per heavy atom. The van der Waals surface area contributed by atoms with Crippen LogP contribution in [0.5, 0.6) is 0 Å². The van der Waals surface area contributed by atoms with Crippen LogP contribution in [-0.4, -0.2) is 31.3 Å². The summed E-state index contributed by atoms with van der Waals surface area (Å²) in [6, 6.07) is 6.69. The maximum atomic E-state index is 13.6. The Kier molecular flexibility index (Phi) is 4.47. The van der Waals surface area contributed by atoms with Crippen molar-refractivity contribution in [3.8, 4) is 0 Å². The molecule has 0 aromatic heterocycles. The normalized spacial score (nSPS) is 19.0. The largest absolute Gasteiger partial charge is 0.368 e. The third kappa shape index (κ3) is 2.96. The fourth-order valence-electron chi connectivity index (χ4n) is 2.22. The Morgan fingerprint density at radius 1 is 1.50 bits per heavy atom. The second kappa shape index (κ2) is 6.09. The van der Waals surface area contributed by atoms with Crippen LogP contribution < -0.4 is 10.2 Å². The molecular formula is C13H17FN2OS. The van der Waals surface area contributed by atoms with Crippen LogP contribution in [0.2, 0.25) is 0 Å². The molecule has 1 aromatic carbocycles. The molecule has 0 aliphatic carbocycles. The van der Waals surface area contributed by atoms with Gasteiger partial charge < -0.3 is 10.2 Å². The minimum Gasteiger partial charge on any atom is -0.368 e. The molecule has 3 nitrogen and oxygen atoms in total. The number of amides is 1. The number of hydrogen-bond acceptors (Lipinski definition) is 3. The zero-order valence-electron chi connectivity index (χ0n) is 10.1. The summed E-state index contributed by atoms with van der Waals surface area (Å²) < 4.78 is 13.6. The molecule has 1 N–H and O–H groups in total. The molecule has 0 radical (unpaired) electrons. The van der Waals surface area contributed by atoms with Gasteiger partial charge in [0.05, 0.1) is 11.6 Å². The Labute approximate surface area is 112 Å². The number of nitrogens with one attached hydrogen (secondary N) is 1. The molecular weight excluding hydrogens is 251 g/mol. The van der Waals surface area contributed by atoms with E-state index < -0.39 is 0 Å². The third-order valence-corrected chi connectivity index (χ3v) is 3.39. The molecule has 0 spiro atoms. The van der Waals surface area contributed by atoms with Gasteiger partial charge >= 0.3 is 0 Å². The first-order chi connectivity index (χ1) is 8.72. The first-order valence-corrected chi connectivity index (χ1v) is 6.73. The quantitative estimate of drug-likeness (QED) is 0.815. The van der Waals surface area contributed by atoms with Crippen LogP contribution in [-0.2, 0) is 4.79 Å². The van der Waals surface area contributed by atoms with Gasteiger partial charge in [-0.3, -0.25) is 4.79 Å². The van der Waals surface area contributed by atoms with E-state index in [9.17, 15) is 9.18 Å². The van der Waals surface area contributed by atoms with Crippen molar-refractivity contribution < 1.29 is 9.18 Å². The average molecular weight is 268 g/mol. The molecule has 1 aromatic rings. The van der Waals surface area contributed by atoms with Crippen LogP contribution in [0.3, 0.4) is 0 Å². The van der Waals surface area contributed by atoms with E-state index in [1.165, 1.54) is 6.07 Å². The van der Waals surface area contributed by atoms with Crippen molar-refractivity contribution in [2.45, 2.75) is 6.42 Å². The van der Waals surface area contributed by atoms with E-state index in [1.807, 2.05) is 11.0 Å². The highest BCUT2D eigenvalue weighted by molar-refractivity contribution is 7.80. The number of nitrogens with zero attached hydrogens (tertiary/aromatic N) is 1. The SMILES string of the molecule is O=C(NCCS)C1CCN(c2ccccc2F)C1. The molecule has 1 aliphatic heterocycles. The molecule has 98 valence electrons. The Bertz CT molecular complexity index is 427. The number of benzene rings is 1. The lowest BCUT2D eigenvalue weighted by Gasteiger charge is -2.19. The van der Waals surface area contributed by atoms with Gasteiger partial charge in [-0.15, -0.1) is 0 Å². The molecule has 0 saturated carbocycles. The zero-order valence-corrected chi connectivity index (χ0v) is 11.0. The molecule has 1 aliphatic rings. The number of anilines is 1. The van der Waals surface area contributed by atoms with E-state index in [0.717, 1.165) is 13.0 Å². The first-order valence-electron chi connectivity index (χ1n) is 6.10. The van der Waals surface area contributed by atoms with Crippen molar-refractivity contribution in [2.75, 3.05) is 30.3 Å². The summed E-state index contributed by atoms with van der Waals surface area (Å²) in [5, 5.41) is 2.83. The van der Waals surface area contributed by atoms with E-state index in [-0.39, 0.29) is 17.6 Å². The van der Waals surface area contributed by atoms with Gasteiger partial charge in [-0.25, -0.2) is 4.39 Å². The van der Waals surface area contributed by atoms with Crippen LogP contribution in [0.4, 0.5) is 10.1 Å². The number of halogens is 1. The smallest absolute Gasteiger partial charge is 0.224 e. The van der Waals surface area contributed by atoms with Crippen molar-refractivity contribution >= 4 is 24.2 Å². The van der Waals surface area contributed by atoms with Crippen LogP contribution >= 0.6 is 12.6 Å². The van der Waals surface area contributed by atoms with Crippen LogP contribution in [0.25, 0.3) is 0 Å². The molecule has 1 fully saturated rings. The van der Waals surface area contributed by atoms with Gasteiger partial charge in [0, 0.05) is 25.4 Å². The van der Waals surface area contributed by atoms with E-state index in [1.54, 1.807) is 12.1 Å². The first kappa shape index (κ1) is 13.2. The molecule has 5 heteroatoms. The molecule has 18 heavy (non-hydrogen) atoms. The maximum absolute atomic E-state index is 13.6. The Morgan fingerprint density at radius 2 is 2.28 bits per heavy atom. The topological polar surface area (TPSA) is 32.3 Å². The molecule has 1 amide bonds. The molecule has 1 atom stereocenters. The lowest BCUT2D eigenvalue weighted by atomic mass is 10.1. The average Bonchev–Trinajstić information content (AvgIpc) is 2.86. The lowest BCUT2D eigenvalue weighted by molar-refractivity contribution is -0.124. The van der Waals surface area contributed by atoms with Gasteiger partial charge in [0.2, 0.25) is 5.91 Å². The fraction of sp³-hybridized carbons (Fsp3) is 0.462. The predicted octanol–water partition coefficient (Wildman–Crippen LogP) is 1.70. The Balaban J connectivity index is 1.96. The minimum absolute atomic E-state index is 0.0443. The number of carbonyl (C=O) groups is 1. The van der Waals surface area contributed by atoms with Gasteiger partial charge in [0.1, 0.15) is 5.82 Å². The molecule has 1 unspecified atom stereocenters. The summed E-state index contributed by atoms with van der Waals surface area (Å²) in [6.07, 6.45) is 0.771. The van der Waals surface area contributed by atoms with E-state index in [2.05, 4.69) is 17.9 Å². The van der Waals surface area contributed by atoms with Gasteiger partial charge in [-0.1, -0.05) is 12.1 Å². The zero-order chi connectivity index (χ0) is 13.0. The highest BCUT2D eigenvalue weighted by Gasteiger charge is 2.29. The number of rotatable bonds is 4. The number of carbonyl (C=O) groups excluding carboxylic acids is 1. The maximum Gasteiger partial charge on any atom is 0.224 e. The number of hydrogen-bond donors (Lipinski definition) is 2. The van der Waals surface area contributed by atoms with E-state index in [0.29, 0.717) is 24.5 Å². The lowest BCUT2D eigenvalue weighted by Crippen LogP contribution is -2.34. The van der Waals surface area contributed by atoms with Crippen molar-refractivity contribution in [1.29, 1.82) is 0 Å². The highest BCUT2D eigenvalue weighted by Crippen LogP contribution is 2.26. The standard InChI is InChI=1S/C13H17FN2OS/c14-11-3-1-2-4-12(11)16-7-5-10(9-16)13(17)15-6-8-18/h1-4,10,18H,5-9H2,(H,15,17). The Hall–Kier alpha value is -1.23. The van der Waals surface area contributed by atoms with Crippen LogP contribution in [0.15, 0.2) is 24.3 Å². The highest BCUT2D eigenvalue weighted by atomic mass is 32.1. The monoisotopic (exact) mass is 268 g/mol. The third-order valence-electron chi connectivity index (χ3n) is 3.16. The molecule has 1 heterocycles. The van der Waals surface area contributed by atoms with Crippen molar-refractivity contribution in [3.05, 3.63) is 30.1 Å². The van der Waals surface area contributed by atoms with Crippen molar-refractivity contribution in [1.82, 2.24) is 5.32 Å². The summed E-state index contributed by atoms with van der Waals surface area (Å²) in [6.45, 7) is 1.89. The van der Waals surface area contributed by atoms with Crippen molar-refractivity contribution in [3.63, 3.8) is 0 Å². The summed E-state index contributed by atoms with van der Waals surface area (Å²) in [7, 11) is 0. The summed E-state index contributed by atoms with van der Waals surface area (Å²) >= 11 is 4.05. The van der Waals surface area contributed by atoms with Crippen molar-refractivity contribution in [2.24, 2.45) is 5.92 Å². The van der Waals surface area contributed by atoms with Crippen LogP contribution in [0, 0.1) is 11.7 Å². The number of thiol groups is 1. The van der Waals surface area contributed by atoms with Gasteiger partial charge in [-0.05, 0) is 18.6 Å². The summed E-state index contributed by atoms with van der Waals surface area (Å²) in [5.74, 6) is 0.400. The fourth-order valence-corrected chi connectivity index (χ4v) is 2.34. The second-order valence-electron chi connectivity index (χ2n) is 4.40. The minimum atomic E-state index is -0.228. The van der Waals surface area contributed by atoms with Gasteiger partial charge in [-0.2, -0.15) is 12.6 Å². The van der Waals surface area contributed by atoms with Crippen LogP contribution in [0.1, 0.15) is 6.42 Å². The van der Waals surface area contributed by atoms with E-state index in [4.69, 9.17) is 0 Å². The number of para-hydroxylation sites is 1.